The second-order valence-electron chi connectivity index (χ2n) is 7.78. The molecule has 1 heterocycles. The van der Waals surface area contributed by atoms with Gasteiger partial charge < -0.3 is 9.16 Å². The summed E-state index contributed by atoms with van der Waals surface area (Å²) in [5, 5.41) is 2.20. The first-order valence-electron chi connectivity index (χ1n) is 8.80. The smallest absolute Gasteiger partial charge is 0.283 e. The third kappa shape index (κ3) is 4.22. The monoisotopic (exact) mass is 387 g/mol. The maximum absolute atomic E-state index is 15.5. The Hall–Kier alpha value is -1.56. The largest absolute Gasteiger partial charge is 0.480 e. The van der Waals surface area contributed by atoms with Crippen LogP contribution < -0.4 is 10.4 Å². The molecule has 0 N–H and O–H groups in total. The number of hydrogen-bond acceptors (Lipinski definition) is 3. The second kappa shape index (κ2) is 7.59. The standard InChI is InChI=1S/C21H24FO2SSi/c1-20(2,3)18-14-21(22,19(25)24-18)15-23-26(16-10-6-4-7-11-16)17-12-8-5-9-13-17/h4-13,18H,14-15H2,1-3H3/t18-,21-/m0/s1. The number of rotatable bonds is 5. The molecule has 0 unspecified atom stereocenters. The van der Waals surface area contributed by atoms with E-state index in [9.17, 15) is 0 Å². The second-order valence-corrected chi connectivity index (χ2v) is 10.3. The zero-order chi connectivity index (χ0) is 18.8. The van der Waals surface area contributed by atoms with E-state index in [0.29, 0.717) is 0 Å². The molecule has 1 saturated heterocycles. The van der Waals surface area contributed by atoms with E-state index >= 15 is 4.39 Å². The Morgan fingerprint density at radius 2 is 1.58 bits per heavy atom. The summed E-state index contributed by atoms with van der Waals surface area (Å²) in [4.78, 5) is 0. The predicted octanol–water partition coefficient (Wildman–Crippen LogP) is 3.68. The number of ether oxygens (including phenoxy) is 1. The van der Waals surface area contributed by atoms with Gasteiger partial charge in [-0.2, -0.15) is 0 Å². The summed E-state index contributed by atoms with van der Waals surface area (Å²) in [5.74, 6) is 0. The highest BCUT2D eigenvalue weighted by Gasteiger charge is 2.50. The molecule has 0 aromatic heterocycles. The summed E-state index contributed by atoms with van der Waals surface area (Å²) in [5.41, 5.74) is -1.88. The molecule has 0 amide bonds. The third-order valence-electron chi connectivity index (χ3n) is 4.61. The van der Waals surface area contributed by atoms with Gasteiger partial charge in [0.15, 0.2) is 5.05 Å². The fourth-order valence-corrected chi connectivity index (χ4v) is 5.24. The van der Waals surface area contributed by atoms with Crippen molar-refractivity contribution >= 4 is 36.7 Å². The molecule has 2 aromatic carbocycles. The molecule has 2 aromatic rings. The van der Waals surface area contributed by atoms with Crippen LogP contribution in [0.2, 0.25) is 0 Å². The lowest BCUT2D eigenvalue weighted by atomic mass is 9.85. The van der Waals surface area contributed by atoms with E-state index in [0.717, 1.165) is 10.4 Å². The van der Waals surface area contributed by atoms with Crippen LogP contribution in [0.25, 0.3) is 0 Å². The highest BCUT2D eigenvalue weighted by atomic mass is 32.1. The molecule has 1 radical (unpaired) electrons. The number of halogens is 1. The van der Waals surface area contributed by atoms with E-state index in [1.165, 1.54) is 0 Å². The topological polar surface area (TPSA) is 18.5 Å². The van der Waals surface area contributed by atoms with Crippen molar-refractivity contribution < 1.29 is 13.6 Å². The van der Waals surface area contributed by atoms with Crippen molar-refractivity contribution in [3.63, 3.8) is 0 Å². The fourth-order valence-electron chi connectivity index (χ4n) is 2.95. The van der Waals surface area contributed by atoms with E-state index in [1.54, 1.807) is 0 Å². The van der Waals surface area contributed by atoms with Gasteiger partial charge in [0.25, 0.3) is 9.04 Å². The molecule has 2 nitrogen and oxygen atoms in total. The lowest BCUT2D eigenvalue weighted by molar-refractivity contribution is 0.0837. The van der Waals surface area contributed by atoms with Crippen molar-refractivity contribution in [2.75, 3.05) is 6.61 Å². The zero-order valence-electron chi connectivity index (χ0n) is 15.4. The molecular formula is C21H24FO2SSi. The normalized spacial score (nSPS) is 23.3. The lowest BCUT2D eigenvalue weighted by Gasteiger charge is -2.26. The van der Waals surface area contributed by atoms with Crippen LogP contribution in [0.3, 0.4) is 0 Å². The summed E-state index contributed by atoms with van der Waals surface area (Å²) in [7, 11) is -1.56. The first-order valence-corrected chi connectivity index (χ1v) is 10.6. The molecule has 0 spiro atoms. The Morgan fingerprint density at radius 3 is 2.00 bits per heavy atom. The van der Waals surface area contributed by atoms with Gasteiger partial charge >= 0.3 is 0 Å². The van der Waals surface area contributed by atoms with E-state index < -0.39 is 14.7 Å². The van der Waals surface area contributed by atoms with Gasteiger partial charge in [0.05, 0.1) is 6.61 Å². The molecule has 0 aliphatic carbocycles. The Morgan fingerprint density at radius 1 is 1.08 bits per heavy atom. The minimum atomic E-state index is -1.72. The van der Waals surface area contributed by atoms with E-state index in [4.69, 9.17) is 21.4 Å². The van der Waals surface area contributed by atoms with Gasteiger partial charge in [-0.15, -0.1) is 0 Å². The van der Waals surface area contributed by atoms with Crippen LogP contribution in [0.1, 0.15) is 27.2 Å². The van der Waals surface area contributed by atoms with Gasteiger partial charge in [-0.05, 0) is 28.0 Å². The molecular weight excluding hydrogens is 363 g/mol. The van der Waals surface area contributed by atoms with Crippen molar-refractivity contribution in [1.29, 1.82) is 0 Å². The van der Waals surface area contributed by atoms with Crippen LogP contribution in [-0.4, -0.2) is 32.5 Å². The Labute approximate surface area is 162 Å². The Kier molecular flexibility index (Phi) is 5.60. The zero-order valence-corrected chi connectivity index (χ0v) is 17.2. The van der Waals surface area contributed by atoms with Gasteiger partial charge in [0, 0.05) is 6.42 Å². The van der Waals surface area contributed by atoms with Gasteiger partial charge in [-0.1, -0.05) is 81.4 Å². The molecule has 1 aliphatic rings. The molecule has 3 rings (SSSR count). The van der Waals surface area contributed by atoms with Crippen molar-refractivity contribution in [3.8, 4) is 0 Å². The predicted molar refractivity (Wildman–Crippen MR) is 109 cm³/mol. The molecule has 5 heteroatoms. The van der Waals surface area contributed by atoms with E-state index in [2.05, 4.69) is 0 Å². The molecule has 1 fully saturated rings. The van der Waals surface area contributed by atoms with Crippen LogP contribution in [0.15, 0.2) is 60.7 Å². The van der Waals surface area contributed by atoms with Crippen molar-refractivity contribution in [3.05, 3.63) is 60.7 Å². The summed E-state index contributed by atoms with van der Waals surface area (Å²) in [6, 6.07) is 20.0. The van der Waals surface area contributed by atoms with Crippen molar-refractivity contribution in [2.24, 2.45) is 5.41 Å². The first-order chi connectivity index (χ1) is 12.3. The molecule has 26 heavy (non-hydrogen) atoms. The van der Waals surface area contributed by atoms with Gasteiger partial charge in [0.2, 0.25) is 5.67 Å². The Bertz CT molecular complexity index is 708. The minimum Gasteiger partial charge on any atom is -0.480 e. The summed E-state index contributed by atoms with van der Waals surface area (Å²) >= 11 is 5.22. The van der Waals surface area contributed by atoms with E-state index in [1.807, 2.05) is 81.4 Å². The Balaban J connectivity index is 1.79. The minimum absolute atomic E-state index is 0.0277. The van der Waals surface area contributed by atoms with E-state index in [-0.39, 0.29) is 29.6 Å². The van der Waals surface area contributed by atoms with Crippen LogP contribution in [0.5, 0.6) is 0 Å². The highest BCUT2D eigenvalue weighted by Crippen LogP contribution is 2.39. The van der Waals surface area contributed by atoms with Crippen molar-refractivity contribution in [2.45, 2.75) is 39.0 Å². The lowest BCUT2D eigenvalue weighted by Crippen LogP contribution is -2.48. The summed E-state index contributed by atoms with van der Waals surface area (Å²) in [6.45, 7) is 6.04. The van der Waals surface area contributed by atoms with Crippen LogP contribution >= 0.6 is 12.2 Å². The third-order valence-corrected chi connectivity index (χ3v) is 7.22. The number of benzene rings is 2. The maximum atomic E-state index is 15.5. The van der Waals surface area contributed by atoms with Gasteiger partial charge in [0.1, 0.15) is 6.10 Å². The number of alkyl halides is 1. The quantitative estimate of drug-likeness (QED) is 0.576. The number of thiocarbonyl (C=S) groups is 1. The average Bonchev–Trinajstić information content (AvgIpc) is 2.93. The fraction of sp³-hybridized carbons (Fsp3) is 0.381. The summed E-state index contributed by atoms with van der Waals surface area (Å²) < 4.78 is 27.4. The van der Waals surface area contributed by atoms with Gasteiger partial charge in [-0.25, -0.2) is 4.39 Å². The van der Waals surface area contributed by atoms with Crippen LogP contribution in [0.4, 0.5) is 4.39 Å². The SMILES string of the molecule is CC(C)(C)[C@@H]1C[C@](F)(CO[Si](c2ccccc2)c2ccccc2)C(=S)O1. The highest BCUT2D eigenvalue weighted by molar-refractivity contribution is 7.80. The van der Waals surface area contributed by atoms with Crippen LogP contribution in [0, 0.1) is 5.41 Å². The molecule has 1 aliphatic heterocycles. The number of hydrogen-bond donors (Lipinski definition) is 0. The molecule has 0 saturated carbocycles. The first kappa shape index (κ1) is 19.2. The average molecular weight is 388 g/mol. The molecule has 137 valence electrons. The molecule has 2 atom stereocenters. The maximum Gasteiger partial charge on any atom is 0.283 e. The van der Waals surface area contributed by atoms with Crippen LogP contribution in [-0.2, 0) is 9.16 Å². The van der Waals surface area contributed by atoms with Gasteiger partial charge in [-0.3, -0.25) is 0 Å². The van der Waals surface area contributed by atoms with Crippen molar-refractivity contribution in [1.82, 2.24) is 0 Å². The molecule has 0 bridgehead atoms. The summed E-state index contributed by atoms with van der Waals surface area (Å²) in [6.07, 6.45) is 0.0151.